The van der Waals surface area contributed by atoms with Gasteiger partial charge in [-0.05, 0) is 53.3 Å². The number of hydrogen-bond acceptors (Lipinski definition) is 5. The molecule has 5 aromatic rings. The van der Waals surface area contributed by atoms with Crippen LogP contribution in [0, 0.1) is 0 Å². The first-order chi connectivity index (χ1) is 20.3. The minimum Gasteiger partial charge on any atom is -0.339 e. The van der Waals surface area contributed by atoms with Crippen molar-refractivity contribution in [2.24, 2.45) is 0 Å². The number of hydrogen-bond donors (Lipinski definition) is 1. The first-order valence-electron chi connectivity index (χ1n) is 13.5. The van der Waals surface area contributed by atoms with Gasteiger partial charge < -0.3 is 9.88 Å². The maximum absolute atomic E-state index is 13.4. The Morgan fingerprint density at radius 3 is 2.45 bits per heavy atom. The molecule has 2 aromatic heterocycles. The van der Waals surface area contributed by atoms with E-state index in [0.717, 1.165) is 44.2 Å². The number of aromatic nitrogens is 2. The molecule has 1 N–H and O–H groups in total. The van der Waals surface area contributed by atoms with Gasteiger partial charge in [0.15, 0.2) is 0 Å². The molecule has 0 saturated heterocycles. The third-order valence-electron chi connectivity index (χ3n) is 7.65. The van der Waals surface area contributed by atoms with Gasteiger partial charge in [0.2, 0.25) is 15.9 Å². The Kier molecular flexibility index (Phi) is 7.74. The number of rotatable bonds is 8. The number of alkyl halides is 1. The number of H-pyrrole nitrogens is 1. The number of allylic oxidation sites excluding steroid dienone is 1. The van der Waals surface area contributed by atoms with Crippen molar-refractivity contribution in [2.45, 2.75) is 17.4 Å². The fraction of sp³-hybridized carbons (Fsp3) is 0.188. The molecule has 1 aliphatic heterocycles. The number of thioether (sulfide) groups is 1. The van der Waals surface area contributed by atoms with E-state index >= 15 is 0 Å². The van der Waals surface area contributed by atoms with E-state index in [2.05, 4.69) is 17.1 Å². The number of fused-ring (bicyclic) bond motifs is 3. The highest BCUT2D eigenvalue weighted by molar-refractivity contribution is 8.15. The van der Waals surface area contributed by atoms with Crippen molar-refractivity contribution >= 4 is 72.6 Å². The molecule has 1 aliphatic rings. The molecule has 0 saturated carbocycles. The van der Waals surface area contributed by atoms with Gasteiger partial charge in [-0.1, -0.05) is 48.5 Å². The third kappa shape index (κ3) is 5.06. The summed E-state index contributed by atoms with van der Waals surface area (Å²) in [6.45, 7) is 0. The predicted molar refractivity (Wildman–Crippen MR) is 176 cm³/mol. The lowest BCUT2D eigenvalue weighted by Crippen LogP contribution is -2.33. The molecular weight excluding hydrogens is 588 g/mol. The van der Waals surface area contributed by atoms with E-state index in [-0.39, 0.29) is 18.2 Å². The van der Waals surface area contributed by atoms with Gasteiger partial charge in [-0.15, -0.1) is 23.4 Å². The quantitative estimate of drug-likeness (QED) is 0.184. The lowest BCUT2D eigenvalue weighted by atomic mass is 9.92. The summed E-state index contributed by atoms with van der Waals surface area (Å²) < 4.78 is 27.6. The normalized spacial score (nSPS) is 15.0. The number of aromatic amines is 1. The highest BCUT2D eigenvalue weighted by Gasteiger charge is 2.31. The first kappa shape index (κ1) is 28.3. The second-order valence-corrected chi connectivity index (χ2v) is 14.1. The minimum atomic E-state index is -3.56. The minimum absolute atomic E-state index is 0.0461. The Morgan fingerprint density at radius 2 is 1.76 bits per heavy atom. The van der Waals surface area contributed by atoms with Crippen LogP contribution in [0.4, 0.5) is 11.4 Å². The van der Waals surface area contributed by atoms with E-state index in [1.54, 1.807) is 19.0 Å². The average molecular weight is 617 g/mol. The summed E-state index contributed by atoms with van der Waals surface area (Å²) in [6, 6.07) is 23.6. The number of carbonyl (C=O) groups is 1. The molecule has 0 radical (unpaired) electrons. The summed E-state index contributed by atoms with van der Waals surface area (Å²) >= 11 is 7.11. The number of nitrogens with one attached hydrogen (secondary N) is 1. The Labute approximate surface area is 254 Å². The zero-order valence-corrected chi connectivity index (χ0v) is 25.5. The second kappa shape index (κ2) is 11.5. The zero-order chi connectivity index (χ0) is 29.4. The molecular formula is C32H29ClN4O3S2. The number of anilines is 2. The molecule has 3 aromatic carbocycles. The Balaban J connectivity index is 1.51. The van der Waals surface area contributed by atoms with Gasteiger partial charge in [-0.25, -0.2) is 13.4 Å². The standard InChI is InChI=1S/C32H29ClN4O3S2/c1-36(28(38)16-17-33)23-12-10-21(11-13-23)26-20-34-32-31(30(26)22-7-4-3-5-8-22)25-19-24(14-15-27(25)35-32)37(2)42(39,40)29-9-6-18-41-29/h3-8,10-15,18-20,29H,9,16-17H2,1-2H3,(H,34,35). The van der Waals surface area contributed by atoms with Crippen LogP contribution in [0.15, 0.2) is 90.5 Å². The first-order valence-corrected chi connectivity index (χ1v) is 16.5. The largest absolute Gasteiger partial charge is 0.339 e. The molecule has 214 valence electrons. The summed E-state index contributed by atoms with van der Waals surface area (Å²) in [4.78, 5) is 22.2. The number of amides is 1. The second-order valence-electron chi connectivity index (χ2n) is 10.1. The predicted octanol–water partition coefficient (Wildman–Crippen LogP) is 7.38. The van der Waals surface area contributed by atoms with Crippen molar-refractivity contribution in [3.05, 3.63) is 90.5 Å². The Hall–Kier alpha value is -3.79. The molecule has 10 heteroatoms. The van der Waals surface area contributed by atoms with Crippen LogP contribution >= 0.6 is 23.4 Å². The number of pyridine rings is 1. The topological polar surface area (TPSA) is 86.4 Å². The summed E-state index contributed by atoms with van der Waals surface area (Å²) in [5, 5.41) is 3.65. The number of benzene rings is 3. The van der Waals surface area contributed by atoms with Gasteiger partial charge in [-0.3, -0.25) is 9.10 Å². The van der Waals surface area contributed by atoms with Crippen LogP contribution < -0.4 is 9.21 Å². The third-order valence-corrected chi connectivity index (χ3v) is 11.6. The van der Waals surface area contributed by atoms with Gasteiger partial charge in [0.05, 0.1) is 5.69 Å². The SMILES string of the molecule is CN(C(=O)CCCl)c1ccc(-c2cnc3[nH]c4ccc(N(C)S(=O)(=O)C5CC=CS5)cc4c3c2-c2ccccc2)cc1. The van der Waals surface area contributed by atoms with E-state index in [1.807, 2.05) is 78.3 Å². The van der Waals surface area contributed by atoms with Gasteiger partial charge in [0.1, 0.15) is 10.2 Å². The molecule has 6 rings (SSSR count). The summed E-state index contributed by atoms with van der Waals surface area (Å²) in [5.74, 6) is 0.230. The fourth-order valence-electron chi connectivity index (χ4n) is 5.30. The molecule has 0 aliphatic carbocycles. The maximum atomic E-state index is 13.4. The van der Waals surface area contributed by atoms with Crippen molar-refractivity contribution in [3.8, 4) is 22.3 Å². The Morgan fingerprint density at radius 1 is 1.02 bits per heavy atom. The van der Waals surface area contributed by atoms with Gasteiger partial charge in [-0.2, -0.15) is 0 Å². The molecule has 1 atom stereocenters. The molecule has 0 fully saturated rings. The van der Waals surface area contributed by atoms with Crippen molar-refractivity contribution in [1.29, 1.82) is 0 Å². The van der Waals surface area contributed by atoms with E-state index in [4.69, 9.17) is 16.6 Å². The molecule has 1 amide bonds. The number of halogens is 1. The number of nitrogens with zero attached hydrogens (tertiary/aromatic N) is 3. The lowest BCUT2D eigenvalue weighted by molar-refractivity contribution is -0.117. The van der Waals surface area contributed by atoms with Crippen LogP contribution in [0.3, 0.4) is 0 Å². The molecule has 1 unspecified atom stereocenters. The fourth-order valence-corrected chi connectivity index (χ4v) is 8.34. The average Bonchev–Trinajstić information content (AvgIpc) is 3.69. The van der Waals surface area contributed by atoms with Crippen molar-refractivity contribution in [3.63, 3.8) is 0 Å². The molecule has 3 heterocycles. The molecule has 7 nitrogen and oxygen atoms in total. The summed E-state index contributed by atoms with van der Waals surface area (Å²) in [6.07, 6.45) is 4.52. The smallest absolute Gasteiger partial charge is 0.247 e. The lowest BCUT2D eigenvalue weighted by Gasteiger charge is -2.23. The van der Waals surface area contributed by atoms with E-state index < -0.39 is 14.6 Å². The van der Waals surface area contributed by atoms with Gasteiger partial charge in [0, 0.05) is 65.7 Å². The van der Waals surface area contributed by atoms with Crippen molar-refractivity contribution in [2.75, 3.05) is 29.2 Å². The summed E-state index contributed by atoms with van der Waals surface area (Å²) in [5.41, 5.74) is 6.83. The van der Waals surface area contributed by atoms with Crippen molar-refractivity contribution < 1.29 is 13.2 Å². The van der Waals surface area contributed by atoms with Crippen LogP contribution in [-0.4, -0.2) is 48.9 Å². The van der Waals surface area contributed by atoms with Crippen LogP contribution in [0.2, 0.25) is 0 Å². The monoisotopic (exact) mass is 616 g/mol. The van der Waals surface area contributed by atoms with Gasteiger partial charge >= 0.3 is 0 Å². The molecule has 0 bridgehead atoms. The number of sulfonamides is 1. The van der Waals surface area contributed by atoms with E-state index in [0.29, 0.717) is 17.8 Å². The van der Waals surface area contributed by atoms with Crippen molar-refractivity contribution in [1.82, 2.24) is 9.97 Å². The number of carbonyl (C=O) groups excluding carboxylic acids is 1. The zero-order valence-electron chi connectivity index (χ0n) is 23.1. The Bertz CT molecular complexity index is 1910. The maximum Gasteiger partial charge on any atom is 0.247 e. The van der Waals surface area contributed by atoms with Crippen LogP contribution in [0.25, 0.3) is 44.2 Å². The highest BCUT2D eigenvalue weighted by Crippen LogP contribution is 2.42. The molecule has 0 spiro atoms. The molecule has 42 heavy (non-hydrogen) atoms. The van der Waals surface area contributed by atoms with Crippen LogP contribution in [0.5, 0.6) is 0 Å². The summed E-state index contributed by atoms with van der Waals surface area (Å²) in [7, 11) is -0.199. The van der Waals surface area contributed by atoms with E-state index in [9.17, 15) is 13.2 Å². The highest BCUT2D eigenvalue weighted by atomic mass is 35.5. The van der Waals surface area contributed by atoms with Gasteiger partial charge in [0.25, 0.3) is 0 Å². The van der Waals surface area contributed by atoms with Crippen LogP contribution in [0.1, 0.15) is 12.8 Å². The van der Waals surface area contributed by atoms with E-state index in [1.165, 1.54) is 16.1 Å². The van der Waals surface area contributed by atoms with Crippen LogP contribution in [-0.2, 0) is 14.8 Å².